The molecule has 0 unspecified atom stereocenters. The molecule has 1 aliphatic rings. The van der Waals surface area contributed by atoms with Crippen LogP contribution in [-0.4, -0.2) is 63.9 Å². The first kappa shape index (κ1) is 19.7. The predicted octanol–water partition coefficient (Wildman–Crippen LogP) is 2.93. The lowest BCUT2D eigenvalue weighted by molar-refractivity contribution is 0.0716. The fourth-order valence-electron chi connectivity index (χ4n) is 3.19. The van der Waals surface area contributed by atoms with E-state index in [9.17, 15) is 17.2 Å². The number of benzene rings is 2. The van der Waals surface area contributed by atoms with E-state index in [0.717, 1.165) is 5.56 Å². The van der Waals surface area contributed by atoms with Crippen molar-refractivity contribution in [3.63, 3.8) is 0 Å². The number of sulfonamides is 1. The molecule has 0 aliphatic carbocycles. The zero-order chi connectivity index (χ0) is 19.4. The summed E-state index contributed by atoms with van der Waals surface area (Å²) in [6.07, 6.45) is -2.41. The molecule has 1 fully saturated rings. The zero-order valence-electron chi connectivity index (χ0n) is 15.0. The number of piperazine rings is 1. The van der Waals surface area contributed by atoms with Crippen LogP contribution in [-0.2, 0) is 10.0 Å². The number of alkyl halides is 2. The van der Waals surface area contributed by atoms with Crippen LogP contribution < -0.4 is 4.74 Å². The Morgan fingerprint density at radius 2 is 1.70 bits per heavy atom. The Labute approximate surface area is 158 Å². The maximum Gasteiger partial charge on any atom is 0.251 e. The van der Waals surface area contributed by atoms with Crippen molar-refractivity contribution in [2.75, 3.05) is 39.8 Å². The van der Waals surface area contributed by atoms with Gasteiger partial charge in [0.05, 0.1) is 18.6 Å². The Hall–Kier alpha value is -2.03. The summed E-state index contributed by atoms with van der Waals surface area (Å²) >= 11 is 0. The van der Waals surface area contributed by atoms with Gasteiger partial charge in [-0.3, -0.25) is 4.90 Å². The van der Waals surface area contributed by atoms with E-state index in [1.165, 1.54) is 17.5 Å². The van der Waals surface area contributed by atoms with Crippen molar-refractivity contribution in [3.05, 3.63) is 48.5 Å². The molecule has 1 aliphatic heterocycles. The Balaban J connectivity index is 1.85. The van der Waals surface area contributed by atoms with Crippen LogP contribution in [0.4, 0.5) is 8.78 Å². The van der Waals surface area contributed by atoms with Crippen molar-refractivity contribution in [1.82, 2.24) is 9.21 Å². The second-order valence-electron chi connectivity index (χ2n) is 6.32. The fraction of sp³-hybridized carbons (Fsp3) is 0.368. The van der Waals surface area contributed by atoms with Gasteiger partial charge in [0.1, 0.15) is 5.75 Å². The van der Waals surface area contributed by atoms with Crippen LogP contribution >= 0.6 is 0 Å². The summed E-state index contributed by atoms with van der Waals surface area (Å²) < 4.78 is 57.8. The third kappa shape index (κ3) is 4.45. The first-order valence-corrected chi connectivity index (χ1v) is 10.1. The van der Waals surface area contributed by atoms with Gasteiger partial charge in [0.15, 0.2) is 0 Å². The summed E-state index contributed by atoms with van der Waals surface area (Å²) in [7, 11) is -2.17. The van der Waals surface area contributed by atoms with Gasteiger partial charge >= 0.3 is 0 Å². The van der Waals surface area contributed by atoms with E-state index in [0.29, 0.717) is 24.4 Å². The van der Waals surface area contributed by atoms with E-state index < -0.39 is 16.4 Å². The number of ether oxygens (including phenoxy) is 1. The van der Waals surface area contributed by atoms with Gasteiger partial charge in [0, 0.05) is 31.7 Å². The molecule has 0 radical (unpaired) electrons. The molecule has 5 nitrogen and oxygen atoms in total. The molecule has 0 atom stereocenters. The number of halogens is 2. The molecule has 2 aromatic carbocycles. The summed E-state index contributed by atoms with van der Waals surface area (Å²) in [6, 6.07) is 14.2. The van der Waals surface area contributed by atoms with Crippen molar-refractivity contribution >= 4 is 10.0 Å². The molecule has 0 amide bonds. The van der Waals surface area contributed by atoms with Gasteiger partial charge in [-0.05, 0) is 23.8 Å². The van der Waals surface area contributed by atoms with Gasteiger partial charge in [-0.2, -0.15) is 4.31 Å². The zero-order valence-corrected chi connectivity index (χ0v) is 15.8. The van der Waals surface area contributed by atoms with E-state index in [1.54, 1.807) is 17.0 Å². The lowest BCUT2D eigenvalue weighted by Crippen LogP contribution is -2.49. The van der Waals surface area contributed by atoms with E-state index in [4.69, 9.17) is 4.74 Å². The molecule has 0 aromatic heterocycles. The standard InChI is InChI=1S/C19H22F2N2O3S/c1-26-18-8-7-16(13-17(18)15-5-3-2-4-6-15)27(24,25)23-11-9-22(10-12-23)14-19(20)21/h2-8,13,19H,9-12,14H2,1H3. The monoisotopic (exact) mass is 396 g/mol. The highest BCUT2D eigenvalue weighted by atomic mass is 32.2. The third-order valence-corrected chi connectivity index (χ3v) is 6.52. The largest absolute Gasteiger partial charge is 0.496 e. The normalized spacial score (nSPS) is 16.6. The highest BCUT2D eigenvalue weighted by molar-refractivity contribution is 7.89. The number of hydrogen-bond acceptors (Lipinski definition) is 4. The second kappa shape index (κ2) is 8.33. The maximum atomic E-state index is 13.0. The number of hydrogen-bond donors (Lipinski definition) is 0. The molecule has 27 heavy (non-hydrogen) atoms. The molecule has 0 bridgehead atoms. The molecule has 1 heterocycles. The molecule has 0 N–H and O–H groups in total. The minimum Gasteiger partial charge on any atom is -0.496 e. The fourth-order valence-corrected chi connectivity index (χ4v) is 4.64. The van der Waals surface area contributed by atoms with Crippen LogP contribution in [0.5, 0.6) is 5.75 Å². The number of rotatable bonds is 6. The number of nitrogens with zero attached hydrogens (tertiary/aromatic N) is 2. The molecule has 0 saturated carbocycles. The smallest absolute Gasteiger partial charge is 0.251 e. The quantitative estimate of drug-likeness (QED) is 0.753. The lowest BCUT2D eigenvalue weighted by atomic mass is 10.1. The molecule has 3 rings (SSSR count). The van der Waals surface area contributed by atoms with Crippen molar-refractivity contribution in [3.8, 4) is 16.9 Å². The Bertz CT molecular complexity index is 868. The van der Waals surface area contributed by atoms with E-state index in [1.807, 2.05) is 30.3 Å². The summed E-state index contributed by atoms with van der Waals surface area (Å²) in [4.78, 5) is 1.75. The molecule has 1 saturated heterocycles. The summed E-state index contributed by atoms with van der Waals surface area (Å²) in [5.41, 5.74) is 1.55. The van der Waals surface area contributed by atoms with Crippen LogP contribution in [0, 0.1) is 0 Å². The molecular formula is C19H22F2N2O3S. The van der Waals surface area contributed by atoms with Crippen LogP contribution in [0.1, 0.15) is 0 Å². The van der Waals surface area contributed by atoms with Gasteiger partial charge in [0.25, 0.3) is 6.43 Å². The molecule has 146 valence electrons. The van der Waals surface area contributed by atoms with Gasteiger partial charge in [-0.1, -0.05) is 30.3 Å². The molecule has 0 spiro atoms. The second-order valence-corrected chi connectivity index (χ2v) is 8.26. The number of methoxy groups -OCH3 is 1. The summed E-state index contributed by atoms with van der Waals surface area (Å²) in [5.74, 6) is 0.585. The van der Waals surface area contributed by atoms with Crippen LogP contribution in [0.3, 0.4) is 0 Å². The topological polar surface area (TPSA) is 49.9 Å². The average molecular weight is 396 g/mol. The van der Waals surface area contributed by atoms with Gasteiger partial charge in [-0.15, -0.1) is 0 Å². The highest BCUT2D eigenvalue weighted by Gasteiger charge is 2.30. The van der Waals surface area contributed by atoms with Gasteiger partial charge < -0.3 is 4.74 Å². The van der Waals surface area contributed by atoms with Gasteiger partial charge in [-0.25, -0.2) is 17.2 Å². The van der Waals surface area contributed by atoms with Crippen LogP contribution in [0.25, 0.3) is 11.1 Å². The Morgan fingerprint density at radius 1 is 1.04 bits per heavy atom. The minimum absolute atomic E-state index is 0.171. The first-order valence-electron chi connectivity index (χ1n) is 8.66. The Morgan fingerprint density at radius 3 is 2.30 bits per heavy atom. The maximum absolute atomic E-state index is 13.0. The first-order chi connectivity index (χ1) is 12.9. The van der Waals surface area contributed by atoms with E-state index in [-0.39, 0.29) is 24.5 Å². The van der Waals surface area contributed by atoms with E-state index >= 15 is 0 Å². The predicted molar refractivity (Wildman–Crippen MR) is 99.6 cm³/mol. The van der Waals surface area contributed by atoms with Crippen molar-refractivity contribution in [2.45, 2.75) is 11.3 Å². The molecular weight excluding hydrogens is 374 g/mol. The van der Waals surface area contributed by atoms with Crippen LogP contribution in [0.2, 0.25) is 0 Å². The lowest BCUT2D eigenvalue weighted by Gasteiger charge is -2.33. The van der Waals surface area contributed by atoms with Gasteiger partial charge in [0.2, 0.25) is 10.0 Å². The SMILES string of the molecule is COc1ccc(S(=O)(=O)N2CCN(CC(F)F)CC2)cc1-c1ccccc1. The summed E-state index contributed by atoms with van der Waals surface area (Å²) in [6.45, 7) is 0.661. The highest BCUT2D eigenvalue weighted by Crippen LogP contribution is 2.33. The Kier molecular flexibility index (Phi) is 6.08. The van der Waals surface area contributed by atoms with E-state index in [2.05, 4.69) is 0 Å². The molecule has 2 aromatic rings. The van der Waals surface area contributed by atoms with Crippen molar-refractivity contribution < 1.29 is 21.9 Å². The van der Waals surface area contributed by atoms with Crippen LogP contribution in [0.15, 0.2) is 53.4 Å². The summed E-state index contributed by atoms with van der Waals surface area (Å²) in [5, 5.41) is 0. The minimum atomic E-state index is -3.71. The van der Waals surface area contributed by atoms with Crippen molar-refractivity contribution in [2.24, 2.45) is 0 Å². The molecule has 8 heteroatoms. The van der Waals surface area contributed by atoms with Crippen molar-refractivity contribution in [1.29, 1.82) is 0 Å². The average Bonchev–Trinajstić information content (AvgIpc) is 2.68. The third-order valence-electron chi connectivity index (χ3n) is 4.62.